The standard InChI is InChI=1S/C26H17NO2/c27-18-26(24(28)20-11-3-1-4-12-20,25(29)21-13-5-2-6-14-21)23-17-9-15-19-10-7-8-16-22(19)23/h1-17H. The number of carbonyl (C=O) groups excluding carboxylic acids is 2. The lowest BCUT2D eigenvalue weighted by atomic mass is 9.69. The van der Waals surface area contributed by atoms with Crippen molar-refractivity contribution in [2.75, 3.05) is 0 Å². The molecule has 0 aliphatic carbocycles. The Morgan fingerprint density at radius 1 is 0.621 bits per heavy atom. The Balaban J connectivity index is 2.05. The molecule has 0 saturated carbocycles. The van der Waals surface area contributed by atoms with Crippen molar-refractivity contribution in [3.63, 3.8) is 0 Å². The minimum atomic E-state index is -1.98. The van der Waals surface area contributed by atoms with Crippen LogP contribution in [-0.4, -0.2) is 11.6 Å². The molecule has 138 valence electrons. The lowest BCUT2D eigenvalue weighted by Gasteiger charge is -2.26. The molecule has 0 fully saturated rings. The Morgan fingerprint density at radius 3 is 1.66 bits per heavy atom. The summed E-state index contributed by atoms with van der Waals surface area (Å²) in [6.45, 7) is 0. The first-order valence-corrected chi connectivity index (χ1v) is 9.27. The molecule has 0 atom stereocenters. The third kappa shape index (κ3) is 3.01. The minimum absolute atomic E-state index is 0.325. The quantitative estimate of drug-likeness (QED) is 0.348. The maximum atomic E-state index is 13.7. The van der Waals surface area contributed by atoms with Gasteiger partial charge in [0.25, 0.3) is 0 Å². The van der Waals surface area contributed by atoms with Gasteiger partial charge >= 0.3 is 0 Å². The maximum absolute atomic E-state index is 13.7. The molecule has 0 amide bonds. The molecule has 4 aromatic rings. The zero-order valence-electron chi connectivity index (χ0n) is 15.6. The molecule has 0 spiro atoms. The van der Waals surface area contributed by atoms with E-state index in [0.29, 0.717) is 22.1 Å². The predicted molar refractivity (Wildman–Crippen MR) is 113 cm³/mol. The van der Waals surface area contributed by atoms with Crippen LogP contribution in [0, 0.1) is 11.3 Å². The highest BCUT2D eigenvalue weighted by molar-refractivity contribution is 6.27. The van der Waals surface area contributed by atoms with E-state index in [4.69, 9.17) is 0 Å². The number of benzene rings is 4. The van der Waals surface area contributed by atoms with E-state index in [2.05, 4.69) is 6.07 Å². The van der Waals surface area contributed by atoms with Crippen molar-refractivity contribution in [2.45, 2.75) is 5.41 Å². The summed E-state index contributed by atoms with van der Waals surface area (Å²) in [4.78, 5) is 27.4. The van der Waals surface area contributed by atoms with Gasteiger partial charge < -0.3 is 0 Å². The van der Waals surface area contributed by atoms with Crippen LogP contribution >= 0.6 is 0 Å². The highest BCUT2D eigenvalue weighted by atomic mass is 16.2. The molecule has 0 N–H and O–H groups in total. The third-order valence-corrected chi connectivity index (χ3v) is 5.11. The van der Waals surface area contributed by atoms with Crippen molar-refractivity contribution in [3.8, 4) is 6.07 Å². The summed E-state index contributed by atoms with van der Waals surface area (Å²) in [5.74, 6) is -1.04. The topological polar surface area (TPSA) is 57.9 Å². The fraction of sp³-hybridized carbons (Fsp3) is 0.0385. The van der Waals surface area contributed by atoms with E-state index < -0.39 is 17.0 Å². The van der Waals surface area contributed by atoms with Gasteiger partial charge in [0.2, 0.25) is 5.41 Å². The first-order valence-electron chi connectivity index (χ1n) is 9.27. The van der Waals surface area contributed by atoms with Gasteiger partial charge in [-0.25, -0.2) is 0 Å². The number of nitrogens with zero attached hydrogens (tertiary/aromatic N) is 1. The van der Waals surface area contributed by atoms with Crippen molar-refractivity contribution in [1.82, 2.24) is 0 Å². The number of carbonyl (C=O) groups is 2. The van der Waals surface area contributed by atoms with Gasteiger partial charge in [0, 0.05) is 11.1 Å². The summed E-state index contributed by atoms with van der Waals surface area (Å²) in [7, 11) is 0. The maximum Gasteiger partial charge on any atom is 0.208 e. The third-order valence-electron chi connectivity index (χ3n) is 5.11. The van der Waals surface area contributed by atoms with Gasteiger partial charge in [-0.3, -0.25) is 9.59 Å². The first-order chi connectivity index (χ1) is 14.2. The van der Waals surface area contributed by atoms with Gasteiger partial charge in [0.15, 0.2) is 11.6 Å². The zero-order chi connectivity index (χ0) is 20.3. The summed E-state index contributed by atoms with van der Waals surface area (Å²) < 4.78 is 0. The summed E-state index contributed by atoms with van der Waals surface area (Å²) in [5, 5.41) is 11.9. The second-order valence-electron chi connectivity index (χ2n) is 6.78. The molecule has 0 heterocycles. The lowest BCUT2D eigenvalue weighted by molar-refractivity contribution is 0.0810. The van der Waals surface area contributed by atoms with Crippen LogP contribution in [0.25, 0.3) is 10.8 Å². The lowest BCUT2D eigenvalue weighted by Crippen LogP contribution is -2.43. The number of hydrogen-bond donors (Lipinski definition) is 0. The normalized spacial score (nSPS) is 11.0. The number of Topliss-reactive ketones (excluding diaryl/α,β-unsaturated/α-hetero) is 2. The molecule has 0 unspecified atom stereocenters. The Bertz CT molecular complexity index is 1180. The van der Waals surface area contributed by atoms with Gasteiger partial charge in [-0.1, -0.05) is 103 Å². The van der Waals surface area contributed by atoms with Crippen LogP contribution in [0.3, 0.4) is 0 Å². The van der Waals surface area contributed by atoms with Crippen LogP contribution in [0.15, 0.2) is 103 Å². The smallest absolute Gasteiger partial charge is 0.208 e. The van der Waals surface area contributed by atoms with Crippen molar-refractivity contribution in [1.29, 1.82) is 5.26 Å². The van der Waals surface area contributed by atoms with Crippen molar-refractivity contribution in [3.05, 3.63) is 120 Å². The molecule has 0 aliphatic heterocycles. The van der Waals surface area contributed by atoms with E-state index in [1.165, 1.54) is 0 Å². The Morgan fingerprint density at radius 2 is 1.10 bits per heavy atom. The van der Waals surface area contributed by atoms with E-state index in [9.17, 15) is 14.9 Å². The number of fused-ring (bicyclic) bond motifs is 1. The van der Waals surface area contributed by atoms with Gasteiger partial charge in [-0.2, -0.15) is 5.26 Å². The van der Waals surface area contributed by atoms with E-state index in [1.807, 2.05) is 30.3 Å². The Kier molecular flexibility index (Phi) is 4.76. The van der Waals surface area contributed by atoms with Crippen LogP contribution < -0.4 is 0 Å². The van der Waals surface area contributed by atoms with Crippen LogP contribution in [0.1, 0.15) is 26.3 Å². The van der Waals surface area contributed by atoms with E-state index in [1.54, 1.807) is 72.8 Å². The minimum Gasteiger partial charge on any atom is -0.291 e. The first kappa shape index (κ1) is 18.3. The highest BCUT2D eigenvalue weighted by Crippen LogP contribution is 2.36. The van der Waals surface area contributed by atoms with Gasteiger partial charge in [-0.05, 0) is 16.3 Å². The average Bonchev–Trinajstić information content (AvgIpc) is 2.81. The molecule has 0 radical (unpaired) electrons. The molecule has 29 heavy (non-hydrogen) atoms. The zero-order valence-corrected chi connectivity index (χ0v) is 15.6. The summed E-state index contributed by atoms with van der Waals surface area (Å²) in [6, 6.07) is 32.0. The number of nitriles is 1. The average molecular weight is 375 g/mol. The number of ketones is 2. The Hall–Kier alpha value is -4.03. The SMILES string of the molecule is N#CC(C(=O)c1ccccc1)(C(=O)c1ccccc1)c1cccc2ccccc12. The molecule has 0 aliphatic rings. The molecular formula is C26H17NO2. The van der Waals surface area contributed by atoms with Crippen molar-refractivity contribution >= 4 is 22.3 Å². The molecular weight excluding hydrogens is 358 g/mol. The van der Waals surface area contributed by atoms with E-state index in [0.717, 1.165) is 5.39 Å². The van der Waals surface area contributed by atoms with Gasteiger partial charge in [0.1, 0.15) is 0 Å². The van der Waals surface area contributed by atoms with Gasteiger partial charge in [-0.15, -0.1) is 0 Å². The van der Waals surface area contributed by atoms with Crippen LogP contribution in [0.2, 0.25) is 0 Å². The van der Waals surface area contributed by atoms with Gasteiger partial charge in [0.05, 0.1) is 6.07 Å². The molecule has 3 nitrogen and oxygen atoms in total. The van der Waals surface area contributed by atoms with Crippen LogP contribution in [0.4, 0.5) is 0 Å². The summed E-state index contributed by atoms with van der Waals surface area (Å²) >= 11 is 0. The predicted octanol–water partition coefficient (Wildman–Crippen LogP) is 5.37. The monoisotopic (exact) mass is 375 g/mol. The van der Waals surface area contributed by atoms with E-state index in [-0.39, 0.29) is 0 Å². The second-order valence-corrected chi connectivity index (χ2v) is 6.78. The molecule has 3 heteroatoms. The molecule has 0 bridgehead atoms. The second kappa shape index (κ2) is 7.53. The highest BCUT2D eigenvalue weighted by Gasteiger charge is 2.49. The van der Waals surface area contributed by atoms with Crippen LogP contribution in [-0.2, 0) is 5.41 Å². The summed E-state index contributed by atoms with van der Waals surface area (Å²) in [5.41, 5.74) is -0.929. The molecule has 4 aromatic carbocycles. The number of hydrogen-bond acceptors (Lipinski definition) is 3. The molecule has 4 rings (SSSR count). The Labute approximate surface area is 168 Å². The van der Waals surface area contributed by atoms with Crippen molar-refractivity contribution < 1.29 is 9.59 Å². The van der Waals surface area contributed by atoms with Crippen molar-refractivity contribution in [2.24, 2.45) is 0 Å². The largest absolute Gasteiger partial charge is 0.291 e. The number of rotatable bonds is 5. The van der Waals surface area contributed by atoms with E-state index >= 15 is 0 Å². The van der Waals surface area contributed by atoms with Crippen LogP contribution in [0.5, 0.6) is 0 Å². The molecule has 0 aromatic heterocycles. The summed E-state index contributed by atoms with van der Waals surface area (Å²) in [6.07, 6.45) is 0. The molecule has 0 saturated heterocycles. The fourth-order valence-electron chi connectivity index (χ4n) is 3.67. The fourth-order valence-corrected chi connectivity index (χ4v) is 3.67.